The quantitative estimate of drug-likeness (QED) is 0.642. The lowest BCUT2D eigenvalue weighted by atomic mass is 10.2. The van der Waals surface area contributed by atoms with E-state index in [0.29, 0.717) is 25.6 Å². The van der Waals surface area contributed by atoms with Gasteiger partial charge in [0.1, 0.15) is 0 Å². The van der Waals surface area contributed by atoms with E-state index < -0.39 is 5.91 Å². The largest absolute Gasteiger partial charge is 0.329 e. The lowest BCUT2D eigenvalue weighted by Gasteiger charge is -2.05. The number of hydrogen-bond donors (Lipinski definition) is 2. The minimum atomic E-state index is -0.399. The van der Waals surface area contributed by atoms with E-state index in [1.165, 1.54) is 10.9 Å². The number of rotatable bonds is 6. The van der Waals surface area contributed by atoms with E-state index in [2.05, 4.69) is 15.8 Å². The molecule has 1 aromatic rings. The first-order valence-electron chi connectivity index (χ1n) is 5.15. The van der Waals surface area contributed by atoms with Crippen molar-refractivity contribution in [1.29, 1.82) is 0 Å². The standard InChI is InChI=1S/C9H17N5O2/c1-7(2)6-16-12-9(15)8-5-14(4-3-10)13-11-8/h5,7H,3-4,6,10H2,1-2H3,(H,12,15). The Morgan fingerprint density at radius 1 is 1.69 bits per heavy atom. The highest BCUT2D eigenvalue weighted by atomic mass is 16.6. The molecule has 0 bridgehead atoms. The van der Waals surface area contributed by atoms with Crippen LogP contribution in [-0.4, -0.2) is 34.1 Å². The summed E-state index contributed by atoms with van der Waals surface area (Å²) in [4.78, 5) is 16.4. The number of amides is 1. The third-order valence-electron chi connectivity index (χ3n) is 1.71. The van der Waals surface area contributed by atoms with Gasteiger partial charge in [-0.2, -0.15) is 0 Å². The van der Waals surface area contributed by atoms with Crippen molar-refractivity contribution in [3.8, 4) is 0 Å². The van der Waals surface area contributed by atoms with E-state index >= 15 is 0 Å². The molecule has 0 aliphatic heterocycles. The van der Waals surface area contributed by atoms with Crippen LogP contribution < -0.4 is 11.2 Å². The zero-order valence-corrected chi connectivity index (χ0v) is 9.51. The van der Waals surface area contributed by atoms with Crippen LogP contribution in [0.2, 0.25) is 0 Å². The summed E-state index contributed by atoms with van der Waals surface area (Å²) in [5.41, 5.74) is 7.86. The Hall–Kier alpha value is -1.47. The van der Waals surface area contributed by atoms with Gasteiger partial charge in [-0.15, -0.1) is 5.10 Å². The molecule has 0 fully saturated rings. The SMILES string of the molecule is CC(C)CONC(=O)c1cn(CCN)nn1. The van der Waals surface area contributed by atoms with Crippen molar-refractivity contribution in [1.82, 2.24) is 20.5 Å². The van der Waals surface area contributed by atoms with Crippen LogP contribution in [0, 0.1) is 5.92 Å². The molecule has 3 N–H and O–H groups in total. The molecule has 1 heterocycles. The van der Waals surface area contributed by atoms with Crippen molar-refractivity contribution < 1.29 is 9.63 Å². The summed E-state index contributed by atoms with van der Waals surface area (Å²) in [6.45, 7) is 5.43. The van der Waals surface area contributed by atoms with Crippen molar-refractivity contribution in [3.63, 3.8) is 0 Å². The summed E-state index contributed by atoms with van der Waals surface area (Å²) in [7, 11) is 0. The van der Waals surface area contributed by atoms with Gasteiger partial charge in [-0.25, -0.2) is 5.48 Å². The second kappa shape index (κ2) is 6.19. The van der Waals surface area contributed by atoms with Crippen molar-refractivity contribution in [2.45, 2.75) is 20.4 Å². The fourth-order valence-electron chi connectivity index (χ4n) is 0.970. The molecule has 0 aliphatic carbocycles. The second-order valence-electron chi connectivity index (χ2n) is 3.79. The Labute approximate surface area is 93.9 Å². The minimum Gasteiger partial charge on any atom is -0.329 e. The number of nitrogens with two attached hydrogens (primary N) is 1. The fourth-order valence-corrected chi connectivity index (χ4v) is 0.970. The van der Waals surface area contributed by atoms with Gasteiger partial charge in [0.05, 0.1) is 19.3 Å². The average Bonchev–Trinajstić information content (AvgIpc) is 2.66. The molecule has 16 heavy (non-hydrogen) atoms. The minimum absolute atomic E-state index is 0.220. The summed E-state index contributed by atoms with van der Waals surface area (Å²) in [5.74, 6) is -0.0443. The Balaban J connectivity index is 2.40. The summed E-state index contributed by atoms with van der Waals surface area (Å²) in [6.07, 6.45) is 1.53. The van der Waals surface area contributed by atoms with E-state index in [1.807, 2.05) is 13.8 Å². The van der Waals surface area contributed by atoms with E-state index in [0.717, 1.165) is 0 Å². The molecular weight excluding hydrogens is 210 g/mol. The Bertz CT molecular complexity index is 336. The van der Waals surface area contributed by atoms with E-state index in [1.54, 1.807) is 0 Å². The van der Waals surface area contributed by atoms with Gasteiger partial charge in [0.15, 0.2) is 5.69 Å². The Morgan fingerprint density at radius 3 is 3.06 bits per heavy atom. The van der Waals surface area contributed by atoms with Gasteiger partial charge in [-0.1, -0.05) is 19.1 Å². The molecule has 0 unspecified atom stereocenters. The summed E-state index contributed by atoms with van der Waals surface area (Å²) in [6, 6.07) is 0. The average molecular weight is 227 g/mol. The zero-order valence-electron chi connectivity index (χ0n) is 9.51. The molecular formula is C9H17N5O2. The van der Waals surface area contributed by atoms with Crippen molar-refractivity contribution in [2.24, 2.45) is 11.7 Å². The lowest BCUT2D eigenvalue weighted by Crippen LogP contribution is -2.25. The summed E-state index contributed by atoms with van der Waals surface area (Å²) >= 11 is 0. The third-order valence-corrected chi connectivity index (χ3v) is 1.71. The molecule has 7 heteroatoms. The van der Waals surface area contributed by atoms with Gasteiger partial charge in [0.25, 0.3) is 5.91 Å². The van der Waals surface area contributed by atoms with Gasteiger partial charge in [-0.3, -0.25) is 14.3 Å². The van der Waals surface area contributed by atoms with Crippen LogP contribution >= 0.6 is 0 Å². The van der Waals surface area contributed by atoms with Crippen LogP contribution in [0.3, 0.4) is 0 Å². The summed E-state index contributed by atoms with van der Waals surface area (Å²) in [5, 5.41) is 7.44. The maximum Gasteiger partial charge on any atom is 0.296 e. The topological polar surface area (TPSA) is 95.1 Å². The molecule has 1 amide bonds. The molecule has 0 atom stereocenters. The molecule has 7 nitrogen and oxygen atoms in total. The maximum absolute atomic E-state index is 11.5. The van der Waals surface area contributed by atoms with Crippen LogP contribution in [0.25, 0.3) is 0 Å². The number of hydroxylamine groups is 1. The molecule has 0 aliphatic rings. The van der Waals surface area contributed by atoms with Crippen molar-refractivity contribution in [2.75, 3.05) is 13.2 Å². The first-order valence-corrected chi connectivity index (χ1v) is 5.15. The molecule has 1 rings (SSSR count). The highest BCUT2D eigenvalue weighted by molar-refractivity contribution is 5.90. The van der Waals surface area contributed by atoms with Gasteiger partial charge in [0, 0.05) is 6.54 Å². The second-order valence-corrected chi connectivity index (χ2v) is 3.79. The third kappa shape index (κ3) is 3.95. The number of carbonyl (C=O) groups excluding carboxylic acids is 1. The van der Waals surface area contributed by atoms with Gasteiger partial charge in [-0.05, 0) is 5.92 Å². The Kier molecular flexibility index (Phi) is 4.87. The van der Waals surface area contributed by atoms with Crippen LogP contribution in [0.5, 0.6) is 0 Å². The maximum atomic E-state index is 11.5. The predicted molar refractivity (Wildman–Crippen MR) is 57.3 cm³/mol. The van der Waals surface area contributed by atoms with Crippen LogP contribution in [0.15, 0.2) is 6.20 Å². The Morgan fingerprint density at radius 2 is 2.44 bits per heavy atom. The zero-order chi connectivity index (χ0) is 12.0. The smallest absolute Gasteiger partial charge is 0.296 e. The number of carbonyl (C=O) groups is 1. The highest BCUT2D eigenvalue weighted by Crippen LogP contribution is 1.94. The summed E-state index contributed by atoms with van der Waals surface area (Å²) < 4.78 is 1.51. The molecule has 90 valence electrons. The molecule has 0 spiro atoms. The number of aromatic nitrogens is 3. The van der Waals surface area contributed by atoms with Crippen molar-refractivity contribution >= 4 is 5.91 Å². The molecule has 1 aromatic heterocycles. The van der Waals surface area contributed by atoms with Crippen LogP contribution in [-0.2, 0) is 11.4 Å². The van der Waals surface area contributed by atoms with Crippen LogP contribution in [0.1, 0.15) is 24.3 Å². The van der Waals surface area contributed by atoms with Gasteiger partial charge in [0.2, 0.25) is 0 Å². The number of nitrogens with zero attached hydrogens (tertiary/aromatic N) is 3. The fraction of sp³-hybridized carbons (Fsp3) is 0.667. The number of hydrogen-bond acceptors (Lipinski definition) is 5. The van der Waals surface area contributed by atoms with Gasteiger partial charge >= 0.3 is 0 Å². The normalized spacial score (nSPS) is 10.8. The van der Waals surface area contributed by atoms with E-state index in [4.69, 9.17) is 10.6 Å². The van der Waals surface area contributed by atoms with Crippen LogP contribution in [0.4, 0.5) is 0 Å². The number of nitrogens with one attached hydrogen (secondary N) is 1. The monoisotopic (exact) mass is 227 g/mol. The van der Waals surface area contributed by atoms with E-state index in [-0.39, 0.29) is 5.69 Å². The molecule has 0 saturated carbocycles. The van der Waals surface area contributed by atoms with E-state index in [9.17, 15) is 4.79 Å². The molecule has 0 radical (unpaired) electrons. The predicted octanol–water partition coefficient (Wildman–Crippen LogP) is -0.446. The lowest BCUT2D eigenvalue weighted by molar-refractivity contribution is 0.0204. The van der Waals surface area contributed by atoms with Gasteiger partial charge < -0.3 is 5.73 Å². The molecule has 0 aromatic carbocycles. The highest BCUT2D eigenvalue weighted by Gasteiger charge is 2.10. The van der Waals surface area contributed by atoms with Crippen molar-refractivity contribution in [3.05, 3.63) is 11.9 Å². The molecule has 0 saturated heterocycles. The first kappa shape index (κ1) is 12.6. The first-order chi connectivity index (χ1) is 7.63.